The molecule has 1 aromatic carbocycles. The standard InChI is InChI=1S/C12H27BrN.C7H8O3S/c1-4-5-6-7-8-9-10-11-14(2,3)12-13;1-6-2-4-7(5-3-6)11(8,9)10/h4-12H2,1-3H3;2-5H,1H3,(H,8,9,10)/q+1;/p-1. The van der Waals surface area contributed by atoms with Gasteiger partial charge in [-0.05, 0) is 47.8 Å². The zero-order valence-corrected chi connectivity index (χ0v) is 18.5. The molecule has 1 rings (SSSR count). The van der Waals surface area contributed by atoms with Gasteiger partial charge in [0, 0.05) is 0 Å². The van der Waals surface area contributed by atoms with E-state index in [2.05, 4.69) is 36.9 Å². The van der Waals surface area contributed by atoms with Gasteiger partial charge in [0.2, 0.25) is 0 Å². The molecule has 0 amide bonds. The Hall–Kier alpha value is -0.430. The van der Waals surface area contributed by atoms with Crippen LogP contribution in [0.25, 0.3) is 0 Å². The normalized spacial score (nSPS) is 11.8. The molecule has 4 nitrogen and oxygen atoms in total. The summed E-state index contributed by atoms with van der Waals surface area (Å²) in [7, 11) is 0.298. The highest BCUT2D eigenvalue weighted by atomic mass is 79.9. The van der Waals surface area contributed by atoms with Crippen LogP contribution in [0.1, 0.15) is 57.4 Å². The van der Waals surface area contributed by atoms with E-state index in [4.69, 9.17) is 0 Å². The lowest BCUT2D eigenvalue weighted by Crippen LogP contribution is -2.38. The van der Waals surface area contributed by atoms with Crippen molar-refractivity contribution in [2.45, 2.75) is 63.7 Å². The second kappa shape index (κ2) is 12.8. The van der Waals surface area contributed by atoms with Gasteiger partial charge in [-0.25, -0.2) is 8.42 Å². The average Bonchev–Trinajstić information content (AvgIpc) is 2.54. The van der Waals surface area contributed by atoms with Gasteiger partial charge in [0.1, 0.15) is 15.6 Å². The number of quaternary nitrogens is 1. The average molecular weight is 436 g/mol. The lowest BCUT2D eigenvalue weighted by molar-refractivity contribution is -0.876. The first kappa shape index (κ1) is 24.6. The van der Waals surface area contributed by atoms with E-state index >= 15 is 0 Å². The van der Waals surface area contributed by atoms with Gasteiger partial charge >= 0.3 is 0 Å². The van der Waals surface area contributed by atoms with Crippen molar-refractivity contribution in [2.75, 3.05) is 26.1 Å². The van der Waals surface area contributed by atoms with Crippen molar-refractivity contribution < 1.29 is 17.5 Å². The van der Waals surface area contributed by atoms with Crippen LogP contribution in [0.3, 0.4) is 0 Å². The second-order valence-corrected chi connectivity index (χ2v) is 9.05. The van der Waals surface area contributed by atoms with Gasteiger partial charge < -0.3 is 9.04 Å². The Morgan fingerprint density at radius 3 is 1.88 bits per heavy atom. The summed E-state index contributed by atoms with van der Waals surface area (Å²) < 4.78 is 32.3. The fourth-order valence-corrected chi connectivity index (χ4v) is 2.98. The Balaban J connectivity index is 0.000000472. The summed E-state index contributed by atoms with van der Waals surface area (Å²) in [6.07, 6.45) is 9.88. The van der Waals surface area contributed by atoms with Crippen LogP contribution in [0, 0.1) is 6.92 Å². The predicted molar refractivity (Wildman–Crippen MR) is 108 cm³/mol. The summed E-state index contributed by atoms with van der Waals surface area (Å²) in [5.41, 5.74) is 2.00. The summed E-state index contributed by atoms with van der Waals surface area (Å²) in [5.74, 6) is 0. The molecule has 6 heteroatoms. The first-order valence-electron chi connectivity index (χ1n) is 9.03. The third-order valence-corrected chi connectivity index (χ3v) is 6.21. The molecule has 0 radical (unpaired) electrons. The Morgan fingerprint density at radius 2 is 1.44 bits per heavy atom. The summed E-state index contributed by atoms with van der Waals surface area (Å²) >= 11 is 3.55. The number of unbranched alkanes of at least 4 members (excludes halogenated alkanes) is 6. The monoisotopic (exact) mass is 435 g/mol. The van der Waals surface area contributed by atoms with Crippen molar-refractivity contribution in [1.29, 1.82) is 0 Å². The van der Waals surface area contributed by atoms with E-state index in [9.17, 15) is 13.0 Å². The number of hydrogen-bond acceptors (Lipinski definition) is 3. The van der Waals surface area contributed by atoms with Gasteiger partial charge in [0.25, 0.3) is 0 Å². The molecule has 0 saturated heterocycles. The van der Waals surface area contributed by atoms with Crippen molar-refractivity contribution >= 4 is 26.0 Å². The fraction of sp³-hybridized carbons (Fsp3) is 0.684. The highest BCUT2D eigenvalue weighted by Crippen LogP contribution is 2.10. The summed E-state index contributed by atoms with van der Waals surface area (Å²) in [6.45, 7) is 5.40. The van der Waals surface area contributed by atoms with E-state index in [1.807, 2.05) is 6.92 Å². The number of nitrogens with zero attached hydrogens (tertiary/aromatic N) is 1. The molecule has 25 heavy (non-hydrogen) atoms. The Morgan fingerprint density at radius 1 is 0.960 bits per heavy atom. The molecule has 0 spiro atoms. The first-order chi connectivity index (χ1) is 11.6. The lowest BCUT2D eigenvalue weighted by atomic mass is 10.1. The van der Waals surface area contributed by atoms with Crippen molar-refractivity contribution in [3.63, 3.8) is 0 Å². The fourth-order valence-electron chi connectivity index (χ4n) is 2.26. The van der Waals surface area contributed by atoms with Crippen LogP contribution in [0.2, 0.25) is 0 Å². The number of hydrogen-bond donors (Lipinski definition) is 0. The molecule has 0 atom stereocenters. The molecule has 0 heterocycles. The number of alkyl halides is 1. The zero-order chi connectivity index (χ0) is 19.3. The van der Waals surface area contributed by atoms with Gasteiger partial charge in [-0.1, -0.05) is 56.7 Å². The smallest absolute Gasteiger partial charge is 0.133 e. The van der Waals surface area contributed by atoms with Crippen LogP contribution in [0.4, 0.5) is 0 Å². The van der Waals surface area contributed by atoms with Gasteiger partial charge in [-0.2, -0.15) is 0 Å². The minimum absolute atomic E-state index is 0.178. The van der Waals surface area contributed by atoms with E-state index < -0.39 is 10.1 Å². The molecule has 0 bridgehead atoms. The Bertz CT molecular complexity index is 557. The van der Waals surface area contributed by atoms with Crippen LogP contribution in [0.5, 0.6) is 0 Å². The zero-order valence-electron chi connectivity index (χ0n) is 16.1. The minimum atomic E-state index is -4.27. The van der Waals surface area contributed by atoms with E-state index in [-0.39, 0.29) is 4.90 Å². The Kier molecular flexibility index (Phi) is 12.6. The van der Waals surface area contributed by atoms with Crippen LogP contribution >= 0.6 is 15.9 Å². The van der Waals surface area contributed by atoms with Gasteiger partial charge in [0.05, 0.1) is 25.5 Å². The second-order valence-electron chi connectivity index (χ2n) is 7.17. The van der Waals surface area contributed by atoms with Crippen LogP contribution < -0.4 is 0 Å². The van der Waals surface area contributed by atoms with E-state index in [0.29, 0.717) is 0 Å². The molecular weight excluding hydrogens is 402 g/mol. The molecule has 146 valence electrons. The van der Waals surface area contributed by atoms with Gasteiger partial charge in [0.15, 0.2) is 0 Å². The molecule has 0 aromatic heterocycles. The molecular formula is C19H34BrNO3S. The number of rotatable bonds is 10. The molecule has 0 aliphatic carbocycles. The Labute approximate surface area is 163 Å². The van der Waals surface area contributed by atoms with Crippen molar-refractivity contribution in [3.05, 3.63) is 29.8 Å². The maximum Gasteiger partial charge on any atom is 0.133 e. The molecule has 0 aliphatic rings. The highest BCUT2D eigenvalue weighted by molar-refractivity contribution is 9.09. The molecule has 0 N–H and O–H groups in total. The number of aryl methyl sites for hydroxylation is 1. The van der Waals surface area contributed by atoms with Crippen LogP contribution in [0.15, 0.2) is 29.2 Å². The van der Waals surface area contributed by atoms with E-state index in [1.165, 1.54) is 63.6 Å². The largest absolute Gasteiger partial charge is 0.744 e. The first-order valence-corrected chi connectivity index (χ1v) is 11.6. The van der Waals surface area contributed by atoms with E-state index in [1.54, 1.807) is 12.1 Å². The highest BCUT2D eigenvalue weighted by Gasteiger charge is 2.10. The molecule has 1 aromatic rings. The number of halogens is 1. The predicted octanol–water partition coefficient (Wildman–Crippen LogP) is 5.06. The summed E-state index contributed by atoms with van der Waals surface area (Å²) in [6, 6.07) is 5.78. The summed E-state index contributed by atoms with van der Waals surface area (Å²) in [4.78, 5) is -0.178. The van der Waals surface area contributed by atoms with E-state index in [0.717, 1.165) is 15.5 Å². The third-order valence-electron chi connectivity index (χ3n) is 4.00. The minimum Gasteiger partial charge on any atom is -0.744 e. The quantitative estimate of drug-likeness (QED) is 0.169. The lowest BCUT2D eigenvalue weighted by Gasteiger charge is -2.26. The maximum atomic E-state index is 10.4. The van der Waals surface area contributed by atoms with Crippen LogP contribution in [-0.2, 0) is 10.1 Å². The molecule has 0 unspecified atom stereocenters. The molecule has 0 aliphatic heterocycles. The van der Waals surface area contributed by atoms with Crippen LogP contribution in [-0.4, -0.2) is 43.5 Å². The van der Waals surface area contributed by atoms with Crippen molar-refractivity contribution in [1.82, 2.24) is 0 Å². The van der Waals surface area contributed by atoms with Crippen molar-refractivity contribution in [2.24, 2.45) is 0 Å². The third kappa shape index (κ3) is 13.4. The molecule has 0 fully saturated rings. The van der Waals surface area contributed by atoms with Gasteiger partial charge in [-0.15, -0.1) is 0 Å². The van der Waals surface area contributed by atoms with Crippen molar-refractivity contribution in [3.8, 4) is 0 Å². The maximum absolute atomic E-state index is 10.4. The van der Waals surface area contributed by atoms with Gasteiger partial charge in [-0.3, -0.25) is 0 Å². The number of benzene rings is 1. The summed E-state index contributed by atoms with van der Waals surface area (Å²) in [5, 5.41) is 0. The molecule has 0 saturated carbocycles. The SMILES string of the molecule is CCCCCCCCC[N+](C)(C)CBr.Cc1ccc(S(=O)(=O)[O-])cc1. The topological polar surface area (TPSA) is 57.2 Å².